The van der Waals surface area contributed by atoms with Crippen LogP contribution in [0.5, 0.6) is 5.75 Å². The molecule has 6 heteroatoms. The van der Waals surface area contributed by atoms with Gasteiger partial charge in [-0.1, -0.05) is 75.8 Å². The number of ether oxygens (including phenoxy) is 1. The van der Waals surface area contributed by atoms with Gasteiger partial charge in [0, 0.05) is 0 Å². The molecule has 0 radical (unpaired) electrons. The van der Waals surface area contributed by atoms with Gasteiger partial charge < -0.3 is 9.84 Å². The number of hydrogen-bond acceptors (Lipinski definition) is 2. The van der Waals surface area contributed by atoms with Gasteiger partial charge in [0.15, 0.2) is 0 Å². The lowest BCUT2D eigenvalue weighted by atomic mass is 9.88. The number of unbranched alkanes of at least 4 members (excludes halogenated alkanes) is 5. The van der Waals surface area contributed by atoms with Crippen LogP contribution in [0, 0.1) is 0 Å². The number of benzene rings is 2. The molecular weight excluding hydrogens is 393 g/mol. The largest absolute Gasteiger partial charge is 0.489 e. The van der Waals surface area contributed by atoms with Crippen LogP contribution in [0.15, 0.2) is 48.5 Å². The van der Waals surface area contributed by atoms with Crippen LogP contribution in [0.3, 0.4) is 0 Å². The lowest BCUT2D eigenvalue weighted by molar-refractivity contribution is -0.152. The standard InChI is InChI=1S/C24H29F3O3/c1-2-3-4-5-6-10-13-22(24(25,26)27)21-16-19(14-15-20(21)23(28)29)30-17-18-11-8-7-9-12-18/h7-9,11-12,14-16,22H,2-6,10,13,17H2,1H3,(H,28,29). The molecule has 0 aromatic heterocycles. The number of aromatic carboxylic acids is 1. The number of carbonyl (C=O) groups is 1. The molecule has 0 amide bonds. The monoisotopic (exact) mass is 422 g/mol. The van der Waals surface area contributed by atoms with Crippen LogP contribution >= 0.6 is 0 Å². The Hall–Kier alpha value is -2.50. The van der Waals surface area contributed by atoms with Crippen molar-refractivity contribution in [3.05, 3.63) is 65.2 Å². The van der Waals surface area contributed by atoms with E-state index in [2.05, 4.69) is 6.92 Å². The van der Waals surface area contributed by atoms with Gasteiger partial charge >= 0.3 is 12.1 Å². The normalized spacial score (nSPS) is 12.5. The average Bonchev–Trinajstić information content (AvgIpc) is 2.71. The molecule has 2 rings (SSSR count). The fourth-order valence-electron chi connectivity index (χ4n) is 3.48. The van der Waals surface area contributed by atoms with Crippen LogP contribution in [-0.4, -0.2) is 17.3 Å². The molecule has 0 aliphatic rings. The maximum Gasteiger partial charge on any atom is 0.395 e. The first-order valence-electron chi connectivity index (χ1n) is 10.4. The molecule has 1 unspecified atom stereocenters. The van der Waals surface area contributed by atoms with E-state index < -0.39 is 18.1 Å². The maximum absolute atomic E-state index is 13.8. The van der Waals surface area contributed by atoms with Crippen molar-refractivity contribution in [1.29, 1.82) is 0 Å². The van der Waals surface area contributed by atoms with E-state index in [1.807, 2.05) is 30.3 Å². The van der Waals surface area contributed by atoms with Gasteiger partial charge in [-0.15, -0.1) is 0 Å². The van der Waals surface area contributed by atoms with E-state index in [1.54, 1.807) is 0 Å². The SMILES string of the molecule is CCCCCCCCC(c1cc(OCc2ccccc2)ccc1C(=O)O)C(F)(F)F. The van der Waals surface area contributed by atoms with Gasteiger partial charge in [0.05, 0.1) is 11.5 Å². The van der Waals surface area contributed by atoms with E-state index in [4.69, 9.17) is 4.74 Å². The van der Waals surface area contributed by atoms with Crippen molar-refractivity contribution in [3.8, 4) is 5.75 Å². The molecule has 0 heterocycles. The van der Waals surface area contributed by atoms with Crippen molar-refractivity contribution in [2.75, 3.05) is 0 Å². The van der Waals surface area contributed by atoms with E-state index >= 15 is 0 Å². The summed E-state index contributed by atoms with van der Waals surface area (Å²) in [5.74, 6) is -2.96. The summed E-state index contributed by atoms with van der Waals surface area (Å²) >= 11 is 0. The first-order chi connectivity index (χ1) is 14.3. The van der Waals surface area contributed by atoms with Crippen LogP contribution in [-0.2, 0) is 6.61 Å². The first-order valence-corrected chi connectivity index (χ1v) is 10.4. The van der Waals surface area contributed by atoms with Crippen molar-refractivity contribution in [1.82, 2.24) is 0 Å². The number of hydrogen-bond donors (Lipinski definition) is 1. The molecule has 164 valence electrons. The molecule has 0 fully saturated rings. The lowest BCUT2D eigenvalue weighted by Gasteiger charge is -2.23. The molecule has 1 atom stereocenters. The Kier molecular flexibility index (Phi) is 9.21. The first kappa shape index (κ1) is 23.8. The predicted octanol–water partition coefficient (Wildman–Crippen LogP) is 7.36. The second-order valence-electron chi connectivity index (χ2n) is 7.48. The molecule has 2 aromatic rings. The molecule has 2 aromatic carbocycles. The van der Waals surface area contributed by atoms with Gasteiger partial charge in [-0.2, -0.15) is 13.2 Å². The van der Waals surface area contributed by atoms with Crippen molar-refractivity contribution >= 4 is 5.97 Å². The Morgan fingerprint density at radius 3 is 2.30 bits per heavy atom. The third-order valence-electron chi connectivity index (χ3n) is 5.12. The molecule has 0 aliphatic heterocycles. The second kappa shape index (κ2) is 11.6. The summed E-state index contributed by atoms with van der Waals surface area (Å²) in [4.78, 5) is 11.6. The average molecular weight is 422 g/mol. The highest BCUT2D eigenvalue weighted by atomic mass is 19.4. The fraction of sp³-hybridized carbons (Fsp3) is 0.458. The van der Waals surface area contributed by atoms with Gasteiger partial charge in [0.2, 0.25) is 0 Å². The number of carboxylic acid groups (broad SMARTS) is 1. The topological polar surface area (TPSA) is 46.5 Å². The molecule has 0 saturated carbocycles. The van der Waals surface area contributed by atoms with Crippen molar-refractivity contribution in [2.24, 2.45) is 0 Å². The van der Waals surface area contributed by atoms with Gasteiger partial charge in [-0.3, -0.25) is 0 Å². The number of alkyl halides is 3. The maximum atomic E-state index is 13.8. The minimum atomic E-state index is -4.52. The van der Waals surface area contributed by atoms with Crippen molar-refractivity contribution in [3.63, 3.8) is 0 Å². The summed E-state index contributed by atoms with van der Waals surface area (Å²) in [6.45, 7) is 2.28. The van der Waals surface area contributed by atoms with E-state index in [0.717, 1.165) is 31.2 Å². The quantitative estimate of drug-likeness (QED) is 0.364. The Balaban J connectivity index is 2.18. The van der Waals surface area contributed by atoms with E-state index in [-0.39, 0.29) is 29.9 Å². The van der Waals surface area contributed by atoms with Crippen LogP contribution in [0.4, 0.5) is 13.2 Å². The lowest BCUT2D eigenvalue weighted by Crippen LogP contribution is -2.23. The van der Waals surface area contributed by atoms with Crippen molar-refractivity contribution < 1.29 is 27.8 Å². The predicted molar refractivity (Wildman–Crippen MR) is 111 cm³/mol. The summed E-state index contributed by atoms with van der Waals surface area (Å²) < 4.78 is 47.1. The third-order valence-corrected chi connectivity index (χ3v) is 5.12. The molecule has 0 aliphatic carbocycles. The van der Waals surface area contributed by atoms with E-state index in [1.165, 1.54) is 18.2 Å². The molecule has 0 saturated heterocycles. The van der Waals surface area contributed by atoms with Crippen molar-refractivity contribution in [2.45, 2.75) is 70.6 Å². The number of rotatable bonds is 12. The molecular formula is C24H29F3O3. The zero-order chi connectivity index (χ0) is 22.0. The van der Waals surface area contributed by atoms with Gasteiger partial charge in [-0.05, 0) is 35.7 Å². The summed E-state index contributed by atoms with van der Waals surface area (Å²) in [6, 6.07) is 13.1. The molecule has 30 heavy (non-hydrogen) atoms. The van der Waals surface area contributed by atoms with E-state index in [9.17, 15) is 23.1 Å². The third kappa shape index (κ3) is 7.39. The number of carboxylic acids is 1. The number of halogens is 3. The Bertz CT molecular complexity index is 788. The fourth-order valence-corrected chi connectivity index (χ4v) is 3.48. The van der Waals surface area contributed by atoms with E-state index in [0.29, 0.717) is 12.8 Å². The van der Waals surface area contributed by atoms with Gasteiger partial charge in [0.1, 0.15) is 12.4 Å². The summed E-state index contributed by atoms with van der Waals surface area (Å²) in [5.41, 5.74) is 0.324. The minimum Gasteiger partial charge on any atom is -0.489 e. The van der Waals surface area contributed by atoms with Gasteiger partial charge in [-0.25, -0.2) is 4.79 Å². The molecule has 3 nitrogen and oxygen atoms in total. The Morgan fingerprint density at radius 1 is 1.00 bits per heavy atom. The zero-order valence-electron chi connectivity index (χ0n) is 17.3. The summed E-state index contributed by atoms with van der Waals surface area (Å²) in [5, 5.41) is 9.44. The highest BCUT2D eigenvalue weighted by Gasteiger charge is 2.42. The molecule has 0 spiro atoms. The van der Waals surface area contributed by atoms with Crippen LogP contribution in [0.2, 0.25) is 0 Å². The summed E-state index contributed by atoms with van der Waals surface area (Å²) in [7, 11) is 0. The molecule has 1 N–H and O–H groups in total. The molecule has 0 bridgehead atoms. The second-order valence-corrected chi connectivity index (χ2v) is 7.48. The minimum absolute atomic E-state index is 0.127. The highest BCUT2D eigenvalue weighted by Crippen LogP contribution is 2.41. The smallest absolute Gasteiger partial charge is 0.395 e. The van der Waals surface area contributed by atoms with Crippen LogP contribution < -0.4 is 4.74 Å². The van der Waals surface area contributed by atoms with Gasteiger partial charge in [0.25, 0.3) is 0 Å². The highest BCUT2D eigenvalue weighted by molar-refractivity contribution is 5.90. The summed E-state index contributed by atoms with van der Waals surface area (Å²) in [6.07, 6.45) is 0.515. The Labute approximate surface area is 175 Å². The van der Waals surface area contributed by atoms with Crippen LogP contribution in [0.1, 0.15) is 79.3 Å². The zero-order valence-corrected chi connectivity index (χ0v) is 17.3. The van der Waals surface area contributed by atoms with Crippen LogP contribution in [0.25, 0.3) is 0 Å². The Morgan fingerprint density at radius 2 is 1.67 bits per heavy atom.